The van der Waals surface area contributed by atoms with Crippen LogP contribution >= 0.6 is 22.6 Å². The molecule has 0 aliphatic rings. The van der Waals surface area contributed by atoms with Crippen molar-refractivity contribution in [3.8, 4) is 33.5 Å². The molecule has 134 valence electrons. The normalized spacial score (nSPS) is 11.0. The van der Waals surface area contributed by atoms with Crippen LogP contribution in [0.4, 0.5) is 0 Å². The van der Waals surface area contributed by atoms with Crippen molar-refractivity contribution < 1.29 is 0 Å². The standard InChI is InChI=1S/C25H17IN2/c26-22-13-7-12-20(14-22)21-15-23(18-8-3-1-4-9-18)25-27-24(17-28(25)16-21)19-10-5-2-6-11-19/h1-17H. The fourth-order valence-electron chi connectivity index (χ4n) is 3.50. The Kier molecular flexibility index (Phi) is 4.45. The molecule has 0 fully saturated rings. The third kappa shape index (κ3) is 3.22. The van der Waals surface area contributed by atoms with Gasteiger partial charge in [0.05, 0.1) is 5.69 Å². The summed E-state index contributed by atoms with van der Waals surface area (Å²) in [7, 11) is 0. The summed E-state index contributed by atoms with van der Waals surface area (Å²) in [5.41, 5.74) is 7.78. The van der Waals surface area contributed by atoms with Gasteiger partial charge in [-0.25, -0.2) is 4.98 Å². The van der Waals surface area contributed by atoms with Crippen LogP contribution in [0.15, 0.2) is 103 Å². The van der Waals surface area contributed by atoms with E-state index in [0.29, 0.717) is 0 Å². The highest BCUT2D eigenvalue weighted by Gasteiger charge is 2.12. The number of hydrogen-bond acceptors (Lipinski definition) is 1. The second-order valence-corrected chi connectivity index (χ2v) is 7.99. The Bertz CT molecular complexity index is 1260. The van der Waals surface area contributed by atoms with Crippen LogP contribution in [-0.4, -0.2) is 9.38 Å². The SMILES string of the molecule is Ic1cccc(-c2cc(-c3ccccc3)c3nc(-c4ccccc4)cn3c2)c1. The van der Waals surface area contributed by atoms with Crippen LogP contribution in [0.5, 0.6) is 0 Å². The molecule has 0 N–H and O–H groups in total. The highest BCUT2D eigenvalue weighted by atomic mass is 127. The maximum atomic E-state index is 4.97. The van der Waals surface area contributed by atoms with Gasteiger partial charge in [0.2, 0.25) is 0 Å². The van der Waals surface area contributed by atoms with Crippen molar-refractivity contribution in [3.05, 3.63) is 107 Å². The predicted octanol–water partition coefficient (Wildman–Crippen LogP) is 6.94. The molecule has 0 amide bonds. The summed E-state index contributed by atoms with van der Waals surface area (Å²) in [6.45, 7) is 0. The van der Waals surface area contributed by atoms with Gasteiger partial charge in [0.1, 0.15) is 5.65 Å². The molecule has 28 heavy (non-hydrogen) atoms. The number of fused-ring (bicyclic) bond motifs is 1. The quantitative estimate of drug-likeness (QED) is 0.260. The Hall–Kier alpha value is -2.92. The Morgan fingerprint density at radius 3 is 2.00 bits per heavy atom. The Labute approximate surface area is 177 Å². The Morgan fingerprint density at radius 1 is 0.607 bits per heavy atom. The van der Waals surface area contributed by atoms with Gasteiger partial charge in [0, 0.05) is 27.1 Å². The molecule has 3 heteroatoms. The van der Waals surface area contributed by atoms with Gasteiger partial charge in [-0.3, -0.25) is 0 Å². The maximum Gasteiger partial charge on any atom is 0.145 e. The van der Waals surface area contributed by atoms with E-state index in [1.165, 1.54) is 20.3 Å². The van der Waals surface area contributed by atoms with Gasteiger partial charge in [-0.1, -0.05) is 72.8 Å². The fraction of sp³-hybridized carbons (Fsp3) is 0. The van der Waals surface area contributed by atoms with E-state index in [1.54, 1.807) is 0 Å². The number of aromatic nitrogens is 2. The number of rotatable bonds is 3. The number of nitrogens with zero attached hydrogens (tertiary/aromatic N) is 2. The van der Waals surface area contributed by atoms with Crippen LogP contribution in [0, 0.1) is 3.57 Å². The van der Waals surface area contributed by atoms with Crippen LogP contribution in [0.3, 0.4) is 0 Å². The van der Waals surface area contributed by atoms with Crippen molar-refractivity contribution in [2.45, 2.75) is 0 Å². The predicted molar refractivity (Wildman–Crippen MR) is 124 cm³/mol. The minimum Gasteiger partial charge on any atom is -0.305 e. The Balaban J connectivity index is 1.77. The summed E-state index contributed by atoms with van der Waals surface area (Å²) in [4.78, 5) is 4.97. The molecule has 2 aromatic heterocycles. The molecule has 5 aromatic rings. The third-order valence-corrected chi connectivity index (χ3v) is 5.53. The average molecular weight is 472 g/mol. The first-order chi connectivity index (χ1) is 13.8. The molecule has 0 bridgehead atoms. The lowest BCUT2D eigenvalue weighted by molar-refractivity contribution is 1.19. The van der Waals surface area contributed by atoms with E-state index in [-0.39, 0.29) is 0 Å². The van der Waals surface area contributed by atoms with Crippen LogP contribution in [0.1, 0.15) is 0 Å². The molecule has 0 saturated carbocycles. The topological polar surface area (TPSA) is 17.3 Å². The maximum absolute atomic E-state index is 4.97. The molecule has 2 nitrogen and oxygen atoms in total. The van der Waals surface area contributed by atoms with Gasteiger partial charge in [-0.05, 0) is 57.5 Å². The van der Waals surface area contributed by atoms with Gasteiger partial charge in [0.25, 0.3) is 0 Å². The molecule has 0 unspecified atom stereocenters. The summed E-state index contributed by atoms with van der Waals surface area (Å²) >= 11 is 2.36. The number of benzene rings is 3. The summed E-state index contributed by atoms with van der Waals surface area (Å²) < 4.78 is 3.38. The van der Waals surface area contributed by atoms with Crippen molar-refractivity contribution in [3.63, 3.8) is 0 Å². The summed E-state index contributed by atoms with van der Waals surface area (Å²) in [5.74, 6) is 0. The van der Waals surface area contributed by atoms with E-state index >= 15 is 0 Å². The molecular formula is C25H17IN2. The molecule has 0 aliphatic heterocycles. The number of hydrogen-bond donors (Lipinski definition) is 0. The largest absolute Gasteiger partial charge is 0.305 e. The first-order valence-corrected chi connectivity index (χ1v) is 10.3. The zero-order valence-corrected chi connectivity index (χ0v) is 17.2. The van der Waals surface area contributed by atoms with Crippen molar-refractivity contribution in [1.82, 2.24) is 9.38 Å². The second-order valence-electron chi connectivity index (χ2n) is 6.74. The molecule has 0 saturated heterocycles. The van der Waals surface area contributed by atoms with E-state index in [1.807, 2.05) is 12.1 Å². The lowest BCUT2D eigenvalue weighted by atomic mass is 10.0. The van der Waals surface area contributed by atoms with Gasteiger partial charge < -0.3 is 4.40 Å². The summed E-state index contributed by atoms with van der Waals surface area (Å²) in [6, 6.07) is 31.7. The van der Waals surface area contributed by atoms with E-state index in [0.717, 1.165) is 22.5 Å². The van der Waals surface area contributed by atoms with Crippen molar-refractivity contribution in [1.29, 1.82) is 0 Å². The highest BCUT2D eigenvalue weighted by molar-refractivity contribution is 14.1. The zero-order valence-electron chi connectivity index (χ0n) is 15.1. The van der Waals surface area contributed by atoms with Crippen molar-refractivity contribution >= 4 is 28.2 Å². The minimum atomic E-state index is 0.972. The molecule has 0 atom stereocenters. The van der Waals surface area contributed by atoms with Gasteiger partial charge in [-0.2, -0.15) is 0 Å². The molecule has 5 rings (SSSR count). The average Bonchev–Trinajstić information content (AvgIpc) is 3.19. The second kappa shape index (κ2) is 7.24. The molecule has 3 aromatic carbocycles. The van der Waals surface area contributed by atoms with Crippen LogP contribution in [-0.2, 0) is 0 Å². The first-order valence-electron chi connectivity index (χ1n) is 9.17. The van der Waals surface area contributed by atoms with E-state index in [4.69, 9.17) is 4.98 Å². The van der Waals surface area contributed by atoms with Crippen molar-refractivity contribution in [2.24, 2.45) is 0 Å². The minimum absolute atomic E-state index is 0.972. The molecule has 0 aliphatic carbocycles. The van der Waals surface area contributed by atoms with E-state index in [9.17, 15) is 0 Å². The lowest BCUT2D eigenvalue weighted by Gasteiger charge is -2.09. The van der Waals surface area contributed by atoms with E-state index < -0.39 is 0 Å². The molecular weight excluding hydrogens is 455 g/mol. The van der Waals surface area contributed by atoms with Crippen LogP contribution < -0.4 is 0 Å². The van der Waals surface area contributed by atoms with Crippen LogP contribution in [0.2, 0.25) is 0 Å². The summed E-state index contributed by atoms with van der Waals surface area (Å²) in [6.07, 6.45) is 4.29. The first kappa shape index (κ1) is 17.2. The fourth-order valence-corrected chi connectivity index (χ4v) is 4.05. The third-order valence-electron chi connectivity index (χ3n) is 4.86. The van der Waals surface area contributed by atoms with Gasteiger partial charge in [0.15, 0.2) is 0 Å². The van der Waals surface area contributed by atoms with Crippen molar-refractivity contribution in [2.75, 3.05) is 0 Å². The highest BCUT2D eigenvalue weighted by Crippen LogP contribution is 2.32. The van der Waals surface area contributed by atoms with Crippen LogP contribution in [0.25, 0.3) is 39.2 Å². The monoisotopic (exact) mass is 472 g/mol. The smallest absolute Gasteiger partial charge is 0.145 e. The molecule has 0 radical (unpaired) electrons. The number of halogens is 1. The van der Waals surface area contributed by atoms with Gasteiger partial charge in [-0.15, -0.1) is 0 Å². The zero-order chi connectivity index (χ0) is 18.9. The number of pyridine rings is 1. The number of imidazole rings is 1. The lowest BCUT2D eigenvalue weighted by Crippen LogP contribution is -1.91. The Morgan fingerprint density at radius 2 is 1.29 bits per heavy atom. The van der Waals surface area contributed by atoms with Gasteiger partial charge >= 0.3 is 0 Å². The van der Waals surface area contributed by atoms with E-state index in [2.05, 4.69) is 118 Å². The molecule has 0 spiro atoms. The summed E-state index contributed by atoms with van der Waals surface area (Å²) in [5, 5.41) is 0. The molecule has 2 heterocycles.